The van der Waals surface area contributed by atoms with Gasteiger partial charge in [0.25, 0.3) is 11.8 Å². The van der Waals surface area contributed by atoms with Crippen molar-refractivity contribution in [3.8, 4) is 0 Å². The number of anilines is 3. The number of hydrogen-bond acceptors (Lipinski definition) is 9. The van der Waals surface area contributed by atoms with Gasteiger partial charge in [0.05, 0.1) is 24.5 Å². The third-order valence-electron chi connectivity index (χ3n) is 11.8. The second-order valence-corrected chi connectivity index (χ2v) is 15.5. The smallest absolute Gasteiger partial charge is 0.328 e. The monoisotopic (exact) mass is 769 g/mol. The second-order valence-electron chi connectivity index (χ2n) is 15.5. The zero-order valence-corrected chi connectivity index (χ0v) is 32.1. The van der Waals surface area contributed by atoms with Crippen molar-refractivity contribution in [1.29, 1.82) is 0 Å². The van der Waals surface area contributed by atoms with Gasteiger partial charge >= 0.3 is 6.03 Å². The second kappa shape index (κ2) is 15.5. The molecule has 0 aliphatic carbocycles. The maximum atomic E-state index is 13.2. The van der Waals surface area contributed by atoms with E-state index in [1.54, 1.807) is 17.2 Å². The van der Waals surface area contributed by atoms with Crippen molar-refractivity contribution in [3.63, 3.8) is 0 Å². The van der Waals surface area contributed by atoms with Crippen LogP contribution in [0.15, 0.2) is 79.1 Å². The molecule has 4 aliphatic heterocycles. The number of fused-ring (bicyclic) bond motifs is 3. The van der Waals surface area contributed by atoms with Gasteiger partial charge in [-0.3, -0.25) is 39.1 Å². The number of piperidine rings is 1. The van der Waals surface area contributed by atoms with Gasteiger partial charge in [-0.2, -0.15) is 5.10 Å². The lowest BCUT2D eigenvalue weighted by Gasteiger charge is -2.43. The van der Waals surface area contributed by atoms with Crippen LogP contribution < -0.4 is 25.8 Å². The Hall–Kier alpha value is -6.06. The Morgan fingerprint density at radius 3 is 2.47 bits per heavy atom. The number of hydrogen-bond donors (Lipinski definition) is 3. The summed E-state index contributed by atoms with van der Waals surface area (Å²) in [4.78, 5) is 63.7. The average Bonchev–Trinajstić information content (AvgIpc) is 3.85. The number of aromatic nitrogens is 4. The Balaban J connectivity index is 0.739. The molecule has 0 bridgehead atoms. The zero-order valence-electron chi connectivity index (χ0n) is 32.1. The number of amides is 5. The van der Waals surface area contributed by atoms with Crippen molar-refractivity contribution in [2.45, 2.75) is 51.4 Å². The van der Waals surface area contributed by atoms with E-state index < -0.39 is 0 Å². The molecule has 15 heteroatoms. The molecule has 3 saturated heterocycles. The van der Waals surface area contributed by atoms with Crippen molar-refractivity contribution in [2.24, 2.45) is 0 Å². The summed E-state index contributed by atoms with van der Waals surface area (Å²) >= 11 is 0. The topological polar surface area (TPSA) is 153 Å². The molecule has 7 heterocycles. The Bertz CT molecular complexity index is 2320. The number of nitrogens with zero attached hydrogens (tertiary/aromatic N) is 8. The summed E-state index contributed by atoms with van der Waals surface area (Å²) in [6.07, 6.45) is 6.03. The number of carbonyl (C=O) groups is 4. The molecule has 3 fully saturated rings. The fraction of sp³-hybridized carbons (Fsp3) is 0.381. The van der Waals surface area contributed by atoms with E-state index >= 15 is 0 Å². The van der Waals surface area contributed by atoms with Crippen molar-refractivity contribution in [3.05, 3.63) is 102 Å². The number of benzene rings is 2. The fourth-order valence-corrected chi connectivity index (χ4v) is 8.69. The summed E-state index contributed by atoms with van der Waals surface area (Å²) in [5.74, 6) is -0.684. The minimum Gasteiger partial charge on any atom is -0.371 e. The zero-order chi connectivity index (χ0) is 39.0. The summed E-state index contributed by atoms with van der Waals surface area (Å²) in [7, 11) is 0. The molecule has 57 heavy (non-hydrogen) atoms. The Kier molecular flexibility index (Phi) is 9.92. The summed E-state index contributed by atoms with van der Waals surface area (Å²) in [5, 5.41) is 13.6. The van der Waals surface area contributed by atoms with Crippen LogP contribution in [-0.2, 0) is 17.9 Å². The minimum absolute atomic E-state index is 0.0381. The predicted molar refractivity (Wildman–Crippen MR) is 217 cm³/mol. The lowest BCUT2D eigenvalue weighted by atomic mass is 10.0. The van der Waals surface area contributed by atoms with Crippen LogP contribution in [0.1, 0.15) is 64.3 Å². The maximum absolute atomic E-state index is 13.2. The molecule has 0 radical (unpaired) electrons. The summed E-state index contributed by atoms with van der Waals surface area (Å²) in [6, 6.07) is 22.3. The van der Waals surface area contributed by atoms with E-state index in [-0.39, 0.29) is 35.5 Å². The van der Waals surface area contributed by atoms with E-state index in [1.807, 2.05) is 52.7 Å². The standard InChI is InChI=1S/C42H47N11O4/c1-28-23-43-41(56)37-22-30-8-11-35(46-39(30)53(28)37)40(55)45-32-24-44-51(27-32)25-29-6-9-33(10-7-29)49-15-12-34(13-16-49)50-20-18-48(19-21-50)26-31-4-2-3-5-36(31)52-17-14-38(54)47-42(52)57/h2-11,22,24,27-28,34H,12-21,23,25-26H2,1H3,(H,43,56)(H,45,55)(H,47,54,57)/t28-/m1/s1. The van der Waals surface area contributed by atoms with Gasteiger partial charge in [0.2, 0.25) is 5.91 Å². The van der Waals surface area contributed by atoms with Gasteiger partial charge < -0.3 is 20.1 Å². The fourth-order valence-electron chi connectivity index (χ4n) is 8.69. The molecule has 2 aromatic carbocycles. The number of piperazine rings is 1. The Labute approximate surface area is 330 Å². The number of nitrogens with one attached hydrogen (secondary N) is 3. The van der Waals surface area contributed by atoms with E-state index in [4.69, 9.17) is 0 Å². The molecule has 4 aliphatic rings. The largest absolute Gasteiger partial charge is 0.371 e. The van der Waals surface area contributed by atoms with Gasteiger partial charge in [-0.1, -0.05) is 30.3 Å². The van der Waals surface area contributed by atoms with Crippen LogP contribution in [0.3, 0.4) is 0 Å². The Morgan fingerprint density at radius 1 is 0.895 bits per heavy atom. The molecule has 5 amide bonds. The number of rotatable bonds is 9. The van der Waals surface area contributed by atoms with Crippen molar-refractivity contribution >= 4 is 51.8 Å². The van der Waals surface area contributed by atoms with Gasteiger partial charge in [-0.05, 0) is 67.3 Å². The van der Waals surface area contributed by atoms with Crippen molar-refractivity contribution in [1.82, 2.24) is 39.8 Å². The minimum atomic E-state index is -0.340. The highest BCUT2D eigenvalue weighted by Gasteiger charge is 2.30. The van der Waals surface area contributed by atoms with Crippen molar-refractivity contribution < 1.29 is 19.2 Å². The first kappa shape index (κ1) is 36.6. The maximum Gasteiger partial charge on any atom is 0.328 e. The van der Waals surface area contributed by atoms with E-state index in [1.165, 1.54) is 5.69 Å². The summed E-state index contributed by atoms with van der Waals surface area (Å²) < 4.78 is 3.71. The lowest BCUT2D eigenvalue weighted by Crippen LogP contribution is -2.53. The van der Waals surface area contributed by atoms with Crippen LogP contribution in [0.2, 0.25) is 0 Å². The molecule has 3 aromatic heterocycles. The summed E-state index contributed by atoms with van der Waals surface area (Å²) in [5.41, 5.74) is 6.38. The highest BCUT2D eigenvalue weighted by atomic mass is 16.2. The summed E-state index contributed by atoms with van der Waals surface area (Å²) in [6.45, 7) is 10.4. The molecular formula is C42H47N11O4. The molecule has 3 N–H and O–H groups in total. The lowest BCUT2D eigenvalue weighted by molar-refractivity contribution is -0.120. The van der Waals surface area contributed by atoms with Crippen LogP contribution in [-0.4, -0.2) is 111 Å². The number of urea groups is 1. The number of imide groups is 1. The van der Waals surface area contributed by atoms with Crippen LogP contribution in [0.4, 0.5) is 21.9 Å². The molecule has 15 nitrogen and oxygen atoms in total. The van der Waals surface area contributed by atoms with Crippen LogP contribution in [0, 0.1) is 0 Å². The molecule has 9 rings (SSSR count). The van der Waals surface area contributed by atoms with Crippen LogP contribution in [0.25, 0.3) is 11.0 Å². The number of para-hydroxylation sites is 1. The first-order chi connectivity index (χ1) is 27.8. The highest BCUT2D eigenvalue weighted by Crippen LogP contribution is 2.28. The number of pyridine rings is 1. The average molecular weight is 770 g/mol. The van der Waals surface area contributed by atoms with Gasteiger partial charge in [-0.25, -0.2) is 9.78 Å². The van der Waals surface area contributed by atoms with Gasteiger partial charge in [0.1, 0.15) is 17.0 Å². The molecular weight excluding hydrogens is 723 g/mol. The van der Waals surface area contributed by atoms with Crippen LogP contribution in [0.5, 0.6) is 0 Å². The first-order valence-electron chi connectivity index (χ1n) is 19.9. The van der Waals surface area contributed by atoms with E-state index in [2.05, 4.69) is 71.1 Å². The molecule has 0 spiro atoms. The molecule has 0 saturated carbocycles. The molecule has 0 unspecified atom stereocenters. The van der Waals surface area contributed by atoms with Crippen molar-refractivity contribution in [2.75, 3.05) is 67.5 Å². The Morgan fingerprint density at radius 2 is 1.68 bits per heavy atom. The molecule has 294 valence electrons. The normalized spacial score (nSPS) is 19.7. The third kappa shape index (κ3) is 7.59. The first-order valence-corrected chi connectivity index (χ1v) is 19.9. The van der Waals surface area contributed by atoms with Gasteiger partial charge in [0, 0.05) is 94.3 Å². The molecule has 1 atom stereocenters. The van der Waals surface area contributed by atoms with E-state index in [0.717, 1.165) is 80.9 Å². The van der Waals surface area contributed by atoms with E-state index in [9.17, 15) is 19.2 Å². The van der Waals surface area contributed by atoms with E-state index in [0.29, 0.717) is 49.1 Å². The van der Waals surface area contributed by atoms with Crippen LogP contribution >= 0.6 is 0 Å². The van der Waals surface area contributed by atoms with Gasteiger partial charge in [-0.15, -0.1) is 0 Å². The van der Waals surface area contributed by atoms with Gasteiger partial charge in [0.15, 0.2) is 0 Å². The highest BCUT2D eigenvalue weighted by molar-refractivity contribution is 6.06. The predicted octanol–water partition coefficient (Wildman–Crippen LogP) is 4.07. The molecule has 5 aromatic rings. The quantitative estimate of drug-likeness (QED) is 0.202. The third-order valence-corrected chi connectivity index (χ3v) is 11.8. The number of carbonyl (C=O) groups excluding carboxylic acids is 4. The SMILES string of the molecule is C[C@@H]1CNC(=O)c2cc3ccc(C(=O)Nc4cnn(Cc5ccc(N6CCC(N7CCN(Cc8ccccc8N8CCC(=O)NC8=O)CC7)CC6)cc5)c4)nc3n21.